The number of aliphatic hydroxyl groups is 1. The summed E-state index contributed by atoms with van der Waals surface area (Å²) >= 11 is 0. The maximum Gasteiger partial charge on any atom is 0.302 e. The van der Waals surface area contributed by atoms with Gasteiger partial charge >= 0.3 is 5.97 Å². The molecule has 0 aromatic carbocycles. The van der Waals surface area contributed by atoms with Crippen molar-refractivity contribution >= 4 is 23.1 Å². The molecular formula is C12H15N5O5. The van der Waals surface area contributed by atoms with Gasteiger partial charge in [-0.2, -0.15) is 4.98 Å². The van der Waals surface area contributed by atoms with E-state index >= 15 is 0 Å². The first-order valence-corrected chi connectivity index (χ1v) is 6.65. The molecule has 1 aliphatic rings. The van der Waals surface area contributed by atoms with Gasteiger partial charge in [0.15, 0.2) is 11.2 Å². The molecule has 0 spiro atoms. The van der Waals surface area contributed by atoms with E-state index in [1.54, 1.807) is 0 Å². The lowest BCUT2D eigenvalue weighted by molar-refractivity contribution is -0.147. The summed E-state index contributed by atoms with van der Waals surface area (Å²) in [5.74, 6) is -0.484. The lowest BCUT2D eigenvalue weighted by atomic mass is 10.2. The van der Waals surface area contributed by atoms with Crippen LogP contribution in [0.25, 0.3) is 11.2 Å². The Bertz CT molecular complexity index is 769. The molecule has 0 radical (unpaired) electrons. The molecule has 10 nitrogen and oxygen atoms in total. The van der Waals surface area contributed by atoms with E-state index in [9.17, 15) is 14.7 Å². The normalized spacial score (nSPS) is 24.7. The summed E-state index contributed by atoms with van der Waals surface area (Å²) in [5.41, 5.74) is 5.49. The van der Waals surface area contributed by atoms with Gasteiger partial charge in [0, 0.05) is 13.3 Å². The number of aliphatic hydroxyl groups excluding tert-OH is 1. The van der Waals surface area contributed by atoms with Gasteiger partial charge in [0.05, 0.1) is 12.4 Å². The minimum Gasteiger partial charge on any atom is -0.463 e. The smallest absolute Gasteiger partial charge is 0.302 e. The highest BCUT2D eigenvalue weighted by molar-refractivity contribution is 5.70. The van der Waals surface area contributed by atoms with Gasteiger partial charge in [-0.15, -0.1) is 0 Å². The van der Waals surface area contributed by atoms with Crippen LogP contribution in [0, 0.1) is 0 Å². The molecule has 1 saturated heterocycles. The number of nitrogens with zero attached hydrogens (tertiary/aromatic N) is 3. The van der Waals surface area contributed by atoms with Crippen LogP contribution in [0.3, 0.4) is 0 Å². The van der Waals surface area contributed by atoms with Crippen LogP contribution in [-0.4, -0.2) is 49.4 Å². The van der Waals surface area contributed by atoms with Gasteiger partial charge in [0.2, 0.25) is 5.95 Å². The Labute approximate surface area is 123 Å². The van der Waals surface area contributed by atoms with Crippen molar-refractivity contribution in [2.24, 2.45) is 0 Å². The molecule has 1 unspecified atom stereocenters. The first-order valence-electron chi connectivity index (χ1n) is 6.65. The topological polar surface area (TPSA) is 145 Å². The second-order valence-corrected chi connectivity index (χ2v) is 5.01. The fourth-order valence-corrected chi connectivity index (χ4v) is 2.39. The van der Waals surface area contributed by atoms with Crippen LogP contribution in [0.5, 0.6) is 0 Å². The number of rotatable bonds is 3. The molecule has 0 bridgehead atoms. The number of hydrogen-bond donors (Lipinski definition) is 3. The first-order chi connectivity index (χ1) is 10.5. The van der Waals surface area contributed by atoms with E-state index in [1.807, 2.05) is 0 Å². The van der Waals surface area contributed by atoms with Gasteiger partial charge in [-0.25, -0.2) is 4.98 Å². The van der Waals surface area contributed by atoms with Crippen molar-refractivity contribution in [3.8, 4) is 0 Å². The number of fused-ring (bicyclic) bond motifs is 1. The number of nitrogens with two attached hydrogens (primary N) is 1. The number of esters is 1. The molecular weight excluding hydrogens is 294 g/mol. The summed E-state index contributed by atoms with van der Waals surface area (Å²) in [7, 11) is 0. The molecule has 3 rings (SSSR count). The molecule has 1 fully saturated rings. The highest BCUT2D eigenvalue weighted by atomic mass is 16.6. The van der Waals surface area contributed by atoms with Gasteiger partial charge in [-0.05, 0) is 0 Å². The average molecular weight is 309 g/mol. The quantitative estimate of drug-likeness (QED) is 0.606. The van der Waals surface area contributed by atoms with E-state index in [0.717, 1.165) is 0 Å². The standard InChI is InChI=1S/C12H15N5O5/c1-5(18)21-3-7-6(19)2-8(22-7)17-4-14-9-10(17)15-12(13)16-11(9)20/h4,6-8,19H,2-3H2,1H3,(H3,13,15,16,20)/t6?,7-,8-/m1/s1. The number of ether oxygens (including phenoxy) is 2. The lowest BCUT2D eigenvalue weighted by Crippen LogP contribution is -2.27. The summed E-state index contributed by atoms with van der Waals surface area (Å²) in [4.78, 5) is 32.9. The number of carbonyl (C=O) groups is 1. The number of H-pyrrole nitrogens is 1. The van der Waals surface area contributed by atoms with Crippen molar-refractivity contribution in [3.63, 3.8) is 0 Å². The Balaban J connectivity index is 1.86. The minimum absolute atomic E-state index is 0.0331. The second-order valence-electron chi connectivity index (χ2n) is 5.01. The van der Waals surface area contributed by atoms with Crippen molar-refractivity contribution in [1.29, 1.82) is 0 Å². The van der Waals surface area contributed by atoms with Gasteiger partial charge in [-0.3, -0.25) is 19.1 Å². The highest BCUT2D eigenvalue weighted by Gasteiger charge is 2.36. The third kappa shape index (κ3) is 2.53. The minimum atomic E-state index is -0.804. The molecule has 0 saturated carbocycles. The van der Waals surface area contributed by atoms with Gasteiger partial charge in [0.1, 0.15) is 18.9 Å². The Morgan fingerprint density at radius 3 is 3.18 bits per heavy atom. The van der Waals surface area contributed by atoms with Crippen LogP contribution in [0.15, 0.2) is 11.1 Å². The molecule has 10 heteroatoms. The van der Waals surface area contributed by atoms with E-state index in [-0.39, 0.29) is 30.1 Å². The number of carbonyl (C=O) groups excluding carboxylic acids is 1. The average Bonchev–Trinajstić information content (AvgIpc) is 3.00. The van der Waals surface area contributed by atoms with E-state index in [1.165, 1.54) is 17.8 Å². The SMILES string of the molecule is CC(=O)OC[C@H]1O[C@@H](n2cnc3c(=O)[nH]c(N)nc32)CC1O. The third-order valence-electron chi connectivity index (χ3n) is 3.42. The largest absolute Gasteiger partial charge is 0.463 e. The van der Waals surface area contributed by atoms with Gasteiger partial charge < -0.3 is 20.3 Å². The fraction of sp³-hybridized carbons (Fsp3) is 0.500. The van der Waals surface area contributed by atoms with Crippen molar-refractivity contribution in [3.05, 3.63) is 16.7 Å². The van der Waals surface area contributed by atoms with E-state index in [4.69, 9.17) is 15.2 Å². The zero-order valence-electron chi connectivity index (χ0n) is 11.7. The van der Waals surface area contributed by atoms with Crippen LogP contribution in [-0.2, 0) is 14.3 Å². The highest BCUT2D eigenvalue weighted by Crippen LogP contribution is 2.30. The summed E-state index contributed by atoms with van der Waals surface area (Å²) in [6, 6.07) is 0. The monoisotopic (exact) mass is 309 g/mol. The molecule has 0 aliphatic carbocycles. The summed E-state index contributed by atoms with van der Waals surface area (Å²) in [6.45, 7) is 1.23. The summed E-state index contributed by atoms with van der Waals surface area (Å²) in [5, 5.41) is 9.99. The van der Waals surface area contributed by atoms with Crippen LogP contribution < -0.4 is 11.3 Å². The zero-order chi connectivity index (χ0) is 15.9. The van der Waals surface area contributed by atoms with Crippen LogP contribution in [0.2, 0.25) is 0 Å². The summed E-state index contributed by atoms with van der Waals surface area (Å²) in [6.07, 6.45) is -0.370. The second kappa shape index (κ2) is 5.39. The Morgan fingerprint density at radius 2 is 2.45 bits per heavy atom. The maximum absolute atomic E-state index is 11.7. The summed E-state index contributed by atoms with van der Waals surface area (Å²) < 4.78 is 12.0. The number of hydrogen-bond acceptors (Lipinski definition) is 8. The number of imidazole rings is 1. The molecule has 3 heterocycles. The predicted molar refractivity (Wildman–Crippen MR) is 73.7 cm³/mol. The number of nitrogen functional groups attached to an aromatic ring is 1. The molecule has 2 aromatic heterocycles. The molecule has 22 heavy (non-hydrogen) atoms. The van der Waals surface area contributed by atoms with Gasteiger partial charge in [-0.1, -0.05) is 0 Å². The van der Waals surface area contributed by atoms with Crippen molar-refractivity contribution in [2.75, 3.05) is 12.3 Å². The van der Waals surface area contributed by atoms with Crippen molar-refractivity contribution < 1.29 is 19.4 Å². The lowest BCUT2D eigenvalue weighted by Gasteiger charge is -2.15. The molecule has 3 atom stereocenters. The molecule has 0 amide bonds. The van der Waals surface area contributed by atoms with E-state index in [2.05, 4.69) is 15.0 Å². The maximum atomic E-state index is 11.7. The number of nitrogens with one attached hydrogen (secondary N) is 1. The molecule has 4 N–H and O–H groups in total. The molecule has 1 aliphatic heterocycles. The predicted octanol–water partition coefficient (Wildman–Crippen LogP) is -1.09. The zero-order valence-corrected chi connectivity index (χ0v) is 11.7. The van der Waals surface area contributed by atoms with Gasteiger partial charge in [0.25, 0.3) is 5.56 Å². The van der Waals surface area contributed by atoms with Crippen molar-refractivity contribution in [2.45, 2.75) is 31.8 Å². The Hall–Kier alpha value is -2.46. The van der Waals surface area contributed by atoms with E-state index < -0.39 is 30.0 Å². The first kappa shape index (κ1) is 14.5. The van der Waals surface area contributed by atoms with E-state index in [0.29, 0.717) is 0 Å². The Morgan fingerprint density at radius 1 is 1.68 bits per heavy atom. The molecule has 118 valence electrons. The Kier molecular flexibility index (Phi) is 3.54. The molecule has 2 aromatic rings. The van der Waals surface area contributed by atoms with Crippen LogP contribution in [0.4, 0.5) is 5.95 Å². The third-order valence-corrected chi connectivity index (χ3v) is 3.42. The van der Waals surface area contributed by atoms with Crippen molar-refractivity contribution in [1.82, 2.24) is 19.5 Å². The number of aromatic amines is 1. The fourth-order valence-electron chi connectivity index (χ4n) is 2.39. The number of aromatic nitrogens is 4. The van der Waals surface area contributed by atoms with Crippen LogP contribution >= 0.6 is 0 Å². The van der Waals surface area contributed by atoms with Crippen LogP contribution in [0.1, 0.15) is 19.6 Å². The number of anilines is 1.